The van der Waals surface area contributed by atoms with Gasteiger partial charge < -0.3 is 0 Å². The minimum absolute atomic E-state index is 0.0690. The zero-order valence-electron chi connectivity index (χ0n) is 11.9. The molecule has 0 aliphatic heterocycles. The van der Waals surface area contributed by atoms with Gasteiger partial charge in [-0.3, -0.25) is 9.59 Å². The van der Waals surface area contributed by atoms with Gasteiger partial charge in [0.2, 0.25) is 10.2 Å². The van der Waals surface area contributed by atoms with Crippen molar-refractivity contribution in [1.29, 1.82) is 0 Å². The minimum atomic E-state index is 0.0690. The molecule has 1 unspecified atom stereocenters. The van der Waals surface area contributed by atoms with Crippen molar-refractivity contribution >= 4 is 45.5 Å². The first kappa shape index (κ1) is 18.9. The molecule has 0 aromatic heterocycles. The number of carbonyl (C=O) groups excluding carboxylic acids is 2. The molecule has 2 nitrogen and oxygen atoms in total. The quantitative estimate of drug-likeness (QED) is 0.471. The highest BCUT2D eigenvalue weighted by molar-refractivity contribution is 8.16. The van der Waals surface area contributed by atoms with Crippen LogP contribution in [-0.4, -0.2) is 32.7 Å². The number of rotatable bonds is 9. The van der Waals surface area contributed by atoms with Crippen molar-refractivity contribution in [2.75, 3.05) is 17.3 Å². The summed E-state index contributed by atoms with van der Waals surface area (Å²) in [5.41, 5.74) is 1.21. The maximum absolute atomic E-state index is 11.6. The summed E-state index contributed by atoms with van der Waals surface area (Å²) in [6.45, 7) is 12.8. The van der Waals surface area contributed by atoms with Gasteiger partial charge in [-0.05, 0) is 31.4 Å². The van der Waals surface area contributed by atoms with Crippen LogP contribution >= 0.6 is 35.3 Å². The van der Waals surface area contributed by atoms with Gasteiger partial charge in [-0.25, -0.2) is 0 Å². The van der Waals surface area contributed by atoms with E-state index in [4.69, 9.17) is 0 Å². The zero-order chi connectivity index (χ0) is 14.8. The molecule has 0 N–H and O–H groups in total. The van der Waals surface area contributed by atoms with Crippen LogP contribution in [0.1, 0.15) is 27.2 Å². The Labute approximate surface area is 129 Å². The van der Waals surface area contributed by atoms with Crippen LogP contribution in [0.2, 0.25) is 0 Å². The summed E-state index contributed by atoms with van der Waals surface area (Å²) in [5, 5.41) is 0.481. The van der Waals surface area contributed by atoms with Gasteiger partial charge in [0.1, 0.15) is 0 Å². The molecule has 1 atom stereocenters. The van der Waals surface area contributed by atoms with Crippen LogP contribution < -0.4 is 0 Å². The molecule has 0 aromatic carbocycles. The van der Waals surface area contributed by atoms with Crippen molar-refractivity contribution in [2.45, 2.75) is 32.4 Å². The number of hydrogen-bond donors (Lipinski definition) is 0. The van der Waals surface area contributed by atoms with E-state index in [9.17, 15) is 9.59 Å². The van der Waals surface area contributed by atoms with Crippen LogP contribution in [0.4, 0.5) is 0 Å². The molecule has 0 aromatic rings. The molecule has 0 heterocycles. The molecule has 0 saturated heterocycles. The monoisotopic (exact) mass is 318 g/mol. The molecule has 0 bridgehead atoms. The van der Waals surface area contributed by atoms with E-state index in [1.54, 1.807) is 25.6 Å². The molecule has 0 amide bonds. The first-order valence-corrected chi connectivity index (χ1v) is 9.17. The Kier molecular flexibility index (Phi) is 10.6. The van der Waals surface area contributed by atoms with Crippen molar-refractivity contribution in [3.8, 4) is 0 Å². The first-order chi connectivity index (χ1) is 8.88. The van der Waals surface area contributed by atoms with Crippen molar-refractivity contribution in [1.82, 2.24) is 0 Å². The Morgan fingerprint density at radius 3 is 2.11 bits per heavy atom. The van der Waals surface area contributed by atoms with E-state index in [-0.39, 0.29) is 10.2 Å². The average molecular weight is 319 g/mol. The Bertz CT molecular complexity index is 351. The van der Waals surface area contributed by atoms with Crippen molar-refractivity contribution < 1.29 is 9.59 Å². The van der Waals surface area contributed by atoms with Crippen LogP contribution in [0, 0.1) is 0 Å². The summed E-state index contributed by atoms with van der Waals surface area (Å²) in [5.74, 6) is 2.65. The standard InChI is InChI=1S/C14H22O2S3/c1-6-12(19-14(16)11(4)5)9-17-7-8-18-13(15)10(2)3/h12H,2,4,6-9H2,1,3,5H3. The number of thioether (sulfide) groups is 3. The third kappa shape index (κ3) is 9.41. The SMILES string of the molecule is C=C(C)C(=O)SCCSCC(CC)SC(=O)C(=C)C. The summed E-state index contributed by atoms with van der Waals surface area (Å²) in [4.78, 5) is 22.9. The predicted molar refractivity (Wildman–Crippen MR) is 91.1 cm³/mol. The summed E-state index contributed by atoms with van der Waals surface area (Å²) >= 11 is 4.48. The topological polar surface area (TPSA) is 34.1 Å². The second kappa shape index (κ2) is 10.6. The molecule has 0 radical (unpaired) electrons. The van der Waals surface area contributed by atoms with Crippen molar-refractivity contribution in [3.05, 3.63) is 24.3 Å². The van der Waals surface area contributed by atoms with E-state index in [2.05, 4.69) is 20.1 Å². The molecule has 0 aliphatic carbocycles. The van der Waals surface area contributed by atoms with E-state index >= 15 is 0 Å². The van der Waals surface area contributed by atoms with Crippen LogP contribution in [0.3, 0.4) is 0 Å². The first-order valence-electron chi connectivity index (χ1n) is 6.15. The normalized spacial score (nSPS) is 11.9. The van der Waals surface area contributed by atoms with E-state index in [0.717, 1.165) is 23.7 Å². The van der Waals surface area contributed by atoms with Gasteiger partial charge in [-0.15, -0.1) is 0 Å². The second-order valence-corrected chi connectivity index (χ2v) is 7.70. The van der Waals surface area contributed by atoms with Gasteiger partial charge in [-0.1, -0.05) is 43.6 Å². The predicted octanol–water partition coefficient (Wildman–Crippen LogP) is 4.17. The molecule has 0 saturated carbocycles. The molecule has 0 fully saturated rings. The van der Waals surface area contributed by atoms with Gasteiger partial charge in [0.05, 0.1) is 0 Å². The van der Waals surface area contributed by atoms with Crippen LogP contribution in [0.25, 0.3) is 0 Å². The summed E-state index contributed by atoms with van der Waals surface area (Å²) < 4.78 is 0. The van der Waals surface area contributed by atoms with Crippen LogP contribution in [0.15, 0.2) is 24.3 Å². The lowest BCUT2D eigenvalue weighted by atomic mass is 10.4. The highest BCUT2D eigenvalue weighted by atomic mass is 32.2. The smallest absolute Gasteiger partial charge is 0.214 e. The third-order valence-corrected chi connectivity index (χ3v) is 6.21. The fraction of sp³-hybridized carbons (Fsp3) is 0.571. The summed E-state index contributed by atoms with van der Waals surface area (Å²) in [7, 11) is 0. The number of carbonyl (C=O) groups is 2. The van der Waals surface area contributed by atoms with Crippen molar-refractivity contribution in [2.24, 2.45) is 0 Å². The average Bonchev–Trinajstić information content (AvgIpc) is 2.35. The Morgan fingerprint density at radius 1 is 1.05 bits per heavy atom. The maximum Gasteiger partial charge on any atom is 0.214 e. The summed E-state index contributed by atoms with van der Waals surface area (Å²) in [6.07, 6.45) is 0.967. The lowest BCUT2D eigenvalue weighted by molar-refractivity contribution is -0.108. The zero-order valence-corrected chi connectivity index (χ0v) is 14.3. The van der Waals surface area contributed by atoms with Gasteiger partial charge in [0.15, 0.2) is 0 Å². The Morgan fingerprint density at radius 2 is 1.63 bits per heavy atom. The largest absolute Gasteiger partial charge is 0.282 e. The summed E-state index contributed by atoms with van der Waals surface area (Å²) in [6, 6.07) is 0. The van der Waals surface area contributed by atoms with Crippen LogP contribution in [-0.2, 0) is 9.59 Å². The van der Waals surface area contributed by atoms with Crippen molar-refractivity contribution in [3.63, 3.8) is 0 Å². The van der Waals surface area contributed by atoms with E-state index in [1.165, 1.54) is 23.5 Å². The Balaban J connectivity index is 3.79. The molecule has 0 aliphatic rings. The highest BCUT2D eigenvalue weighted by Gasteiger charge is 2.13. The molecule has 0 spiro atoms. The van der Waals surface area contributed by atoms with Gasteiger partial charge in [-0.2, -0.15) is 11.8 Å². The molecule has 19 heavy (non-hydrogen) atoms. The highest BCUT2D eigenvalue weighted by Crippen LogP contribution is 2.23. The molecule has 0 rings (SSSR count). The van der Waals surface area contributed by atoms with Gasteiger partial charge in [0, 0.05) is 22.5 Å². The van der Waals surface area contributed by atoms with Gasteiger partial charge in [0.25, 0.3) is 0 Å². The molecular weight excluding hydrogens is 296 g/mol. The van der Waals surface area contributed by atoms with Gasteiger partial charge >= 0.3 is 0 Å². The second-order valence-electron chi connectivity index (χ2n) is 4.21. The Hall–Kier alpha value is -0.130. The molecule has 5 heteroatoms. The fourth-order valence-electron chi connectivity index (χ4n) is 1.02. The lowest BCUT2D eigenvalue weighted by Crippen LogP contribution is -2.10. The third-order valence-electron chi connectivity index (χ3n) is 2.19. The molecular formula is C14H22O2S3. The number of hydrogen-bond acceptors (Lipinski definition) is 5. The lowest BCUT2D eigenvalue weighted by Gasteiger charge is -2.12. The molecule has 108 valence electrons. The van der Waals surface area contributed by atoms with Crippen LogP contribution in [0.5, 0.6) is 0 Å². The van der Waals surface area contributed by atoms with E-state index in [0.29, 0.717) is 16.4 Å². The maximum atomic E-state index is 11.6. The van der Waals surface area contributed by atoms with E-state index in [1.807, 2.05) is 0 Å². The minimum Gasteiger partial charge on any atom is -0.282 e. The fourth-order valence-corrected chi connectivity index (χ4v) is 4.15. The van der Waals surface area contributed by atoms with E-state index < -0.39 is 0 Å².